The van der Waals surface area contributed by atoms with Gasteiger partial charge in [-0.25, -0.2) is 18.2 Å². The number of aliphatic hydroxyl groups excluding tert-OH is 1. The summed E-state index contributed by atoms with van der Waals surface area (Å²) >= 11 is 0. The number of aliphatic hydroxyl groups is 1. The van der Waals surface area contributed by atoms with Crippen molar-refractivity contribution in [3.8, 4) is 11.3 Å². The normalized spacial score (nSPS) is 21.1. The summed E-state index contributed by atoms with van der Waals surface area (Å²) < 4.78 is 51.5. The van der Waals surface area contributed by atoms with Gasteiger partial charge in [0.05, 0.1) is 18.3 Å². The van der Waals surface area contributed by atoms with E-state index in [0.717, 1.165) is 23.8 Å². The molecule has 3 heterocycles. The lowest BCUT2D eigenvalue weighted by atomic mass is 9.88. The minimum absolute atomic E-state index is 0.00228. The smallest absolute Gasteiger partial charge is 0.242 e. The molecule has 0 saturated carbocycles. The molecule has 11 heteroatoms. The quantitative estimate of drug-likeness (QED) is 0.346. The number of rotatable bonds is 10. The number of hydrogen-bond donors (Lipinski definition) is 3. The number of benzene rings is 2. The lowest BCUT2D eigenvalue weighted by Crippen LogP contribution is -2.52. The number of aromatic nitrogens is 2. The lowest BCUT2D eigenvalue weighted by Gasteiger charge is -2.40. The predicted octanol–water partition coefficient (Wildman–Crippen LogP) is 3.05. The first-order valence-electron chi connectivity index (χ1n) is 14.0. The first-order valence-corrected chi connectivity index (χ1v) is 14.0. The predicted molar refractivity (Wildman–Crippen MR) is 147 cm³/mol. The number of nitrogens with two attached hydrogens (primary N) is 1. The van der Waals surface area contributed by atoms with Crippen LogP contribution in [0.2, 0.25) is 0 Å². The molecule has 41 heavy (non-hydrogen) atoms. The molecular weight excluding hydrogens is 535 g/mol. The van der Waals surface area contributed by atoms with Crippen LogP contribution in [0.25, 0.3) is 11.3 Å². The van der Waals surface area contributed by atoms with Crippen molar-refractivity contribution in [1.82, 2.24) is 19.8 Å². The number of amides is 1. The number of ether oxygens (including phenoxy) is 1. The fourth-order valence-corrected chi connectivity index (χ4v) is 5.80. The molecule has 2 fully saturated rings. The van der Waals surface area contributed by atoms with Gasteiger partial charge in [-0.2, -0.15) is 0 Å². The molecule has 8 nitrogen and oxygen atoms in total. The van der Waals surface area contributed by atoms with Crippen LogP contribution < -0.4 is 11.1 Å². The fraction of sp³-hybridized carbons (Fsp3) is 0.467. The molecule has 0 aliphatic carbocycles. The second-order valence-corrected chi connectivity index (χ2v) is 10.8. The second-order valence-electron chi connectivity index (χ2n) is 10.8. The third-order valence-corrected chi connectivity index (χ3v) is 8.01. The van der Waals surface area contributed by atoms with Crippen molar-refractivity contribution in [1.29, 1.82) is 0 Å². The SMILES string of the molecule is N[C@@H](CO)C(=O)N(C[C@@H]1CNC[C@@H]1F)C(c1nc(-c2cc(F)ccc2F)cn1Cc1ccccc1)C1CCOCC1. The molecule has 1 amide bonds. The van der Waals surface area contributed by atoms with E-state index in [0.29, 0.717) is 45.0 Å². The van der Waals surface area contributed by atoms with E-state index >= 15 is 0 Å². The third kappa shape index (κ3) is 6.64. The van der Waals surface area contributed by atoms with Gasteiger partial charge in [0, 0.05) is 57.1 Å². The van der Waals surface area contributed by atoms with Crippen LogP contribution in [0.3, 0.4) is 0 Å². The van der Waals surface area contributed by atoms with Crippen molar-refractivity contribution in [3.63, 3.8) is 0 Å². The molecule has 1 aromatic heterocycles. The highest BCUT2D eigenvalue weighted by Crippen LogP contribution is 2.38. The summed E-state index contributed by atoms with van der Waals surface area (Å²) in [5.41, 5.74) is 7.23. The Morgan fingerprint density at radius 2 is 1.93 bits per heavy atom. The van der Waals surface area contributed by atoms with Gasteiger partial charge in [0.15, 0.2) is 0 Å². The Morgan fingerprint density at radius 3 is 2.61 bits per heavy atom. The molecule has 1 unspecified atom stereocenters. The van der Waals surface area contributed by atoms with E-state index in [2.05, 4.69) is 5.32 Å². The average Bonchev–Trinajstić information content (AvgIpc) is 3.59. The first kappa shape index (κ1) is 29.2. The number of halogens is 3. The monoisotopic (exact) mass is 571 g/mol. The Morgan fingerprint density at radius 1 is 1.17 bits per heavy atom. The van der Waals surface area contributed by atoms with Crippen LogP contribution in [0.5, 0.6) is 0 Å². The highest BCUT2D eigenvalue weighted by Gasteiger charge is 2.41. The zero-order valence-electron chi connectivity index (χ0n) is 22.8. The maximum Gasteiger partial charge on any atom is 0.242 e. The van der Waals surface area contributed by atoms with Crippen molar-refractivity contribution in [2.24, 2.45) is 17.6 Å². The zero-order chi connectivity index (χ0) is 28.9. The molecule has 3 aromatic rings. The third-order valence-electron chi connectivity index (χ3n) is 8.01. The van der Waals surface area contributed by atoms with Gasteiger partial charge in [0.1, 0.15) is 29.7 Å². The number of nitrogens with one attached hydrogen (secondary N) is 1. The van der Waals surface area contributed by atoms with Gasteiger partial charge in [-0.15, -0.1) is 0 Å². The van der Waals surface area contributed by atoms with Crippen molar-refractivity contribution < 1.29 is 27.8 Å². The Hall–Kier alpha value is -3.25. The number of hydrogen-bond acceptors (Lipinski definition) is 6. The molecule has 2 saturated heterocycles. The van der Waals surface area contributed by atoms with E-state index < -0.39 is 48.3 Å². The molecule has 4 atom stereocenters. The van der Waals surface area contributed by atoms with Gasteiger partial charge < -0.3 is 30.4 Å². The molecule has 4 N–H and O–H groups in total. The molecule has 2 aromatic carbocycles. The van der Waals surface area contributed by atoms with E-state index in [-0.39, 0.29) is 30.3 Å². The summed E-state index contributed by atoms with van der Waals surface area (Å²) in [5, 5.41) is 12.8. The summed E-state index contributed by atoms with van der Waals surface area (Å²) in [7, 11) is 0. The number of alkyl halides is 1. The molecule has 0 radical (unpaired) electrons. The van der Waals surface area contributed by atoms with Crippen LogP contribution in [0.1, 0.15) is 30.3 Å². The number of imidazole rings is 1. The van der Waals surface area contributed by atoms with Gasteiger partial charge in [-0.3, -0.25) is 4.79 Å². The highest BCUT2D eigenvalue weighted by molar-refractivity contribution is 5.82. The standard InChI is InChI=1S/C30H36F3N5O3/c31-22-6-7-24(32)23(12-22)27-17-37(15-19-4-2-1-3-5-19)29(36-27)28(20-8-10-41-11-9-20)38(30(40)26(34)18-39)16-21-13-35-14-25(21)33/h1-7,12,17,20-21,25-26,28,35,39H,8-11,13-16,18,34H2/t21-,25-,26-,28?/m0/s1. The molecule has 0 spiro atoms. The van der Waals surface area contributed by atoms with Crippen LogP contribution >= 0.6 is 0 Å². The van der Waals surface area contributed by atoms with Gasteiger partial charge in [-0.05, 0) is 42.5 Å². The van der Waals surface area contributed by atoms with E-state index in [1.54, 1.807) is 11.1 Å². The Labute approximate surface area is 237 Å². The van der Waals surface area contributed by atoms with E-state index in [1.165, 1.54) is 0 Å². The van der Waals surface area contributed by atoms with Gasteiger partial charge >= 0.3 is 0 Å². The number of carbonyl (C=O) groups is 1. The van der Waals surface area contributed by atoms with Crippen LogP contribution in [-0.4, -0.2) is 77.1 Å². The minimum atomic E-state index is -1.21. The van der Waals surface area contributed by atoms with Crippen molar-refractivity contribution >= 4 is 5.91 Å². The van der Waals surface area contributed by atoms with Crippen molar-refractivity contribution in [3.05, 3.63) is 77.8 Å². The number of carbonyl (C=O) groups excluding carboxylic acids is 1. The largest absolute Gasteiger partial charge is 0.394 e. The van der Waals surface area contributed by atoms with Gasteiger partial charge in [-0.1, -0.05) is 30.3 Å². The lowest BCUT2D eigenvalue weighted by molar-refractivity contribution is -0.139. The van der Waals surface area contributed by atoms with Crippen molar-refractivity contribution in [2.45, 2.75) is 37.6 Å². The van der Waals surface area contributed by atoms with E-state index in [4.69, 9.17) is 15.5 Å². The highest BCUT2D eigenvalue weighted by atomic mass is 19.1. The Kier molecular flexibility index (Phi) is 9.39. The van der Waals surface area contributed by atoms with E-state index in [1.807, 2.05) is 34.9 Å². The molecule has 2 aliphatic heterocycles. The van der Waals surface area contributed by atoms with Crippen LogP contribution in [0, 0.1) is 23.5 Å². The topological polar surface area (TPSA) is 106 Å². The summed E-state index contributed by atoms with van der Waals surface area (Å²) in [6.07, 6.45) is 1.71. The zero-order valence-corrected chi connectivity index (χ0v) is 22.8. The Balaban J connectivity index is 1.66. The molecule has 220 valence electrons. The summed E-state index contributed by atoms with van der Waals surface area (Å²) in [6.45, 7) is 1.35. The maximum absolute atomic E-state index is 14.9. The van der Waals surface area contributed by atoms with Gasteiger partial charge in [0.2, 0.25) is 5.91 Å². The maximum atomic E-state index is 14.9. The van der Waals surface area contributed by atoms with Crippen LogP contribution in [0.4, 0.5) is 13.2 Å². The van der Waals surface area contributed by atoms with Crippen LogP contribution in [0.15, 0.2) is 54.7 Å². The average molecular weight is 572 g/mol. The summed E-state index contributed by atoms with van der Waals surface area (Å²) in [5.74, 6) is -1.90. The second kappa shape index (κ2) is 13.2. The van der Waals surface area contributed by atoms with E-state index in [9.17, 15) is 23.1 Å². The molecule has 2 aliphatic rings. The molecule has 0 bridgehead atoms. The summed E-state index contributed by atoms with van der Waals surface area (Å²) in [6, 6.07) is 10.9. The molecule has 5 rings (SSSR count). The number of nitrogens with zero attached hydrogens (tertiary/aromatic N) is 3. The van der Waals surface area contributed by atoms with Gasteiger partial charge in [0.25, 0.3) is 0 Å². The van der Waals surface area contributed by atoms with Crippen molar-refractivity contribution in [2.75, 3.05) is 39.5 Å². The minimum Gasteiger partial charge on any atom is -0.394 e. The molecular formula is C30H36F3N5O3. The first-order chi connectivity index (χ1) is 19.9. The van der Waals surface area contributed by atoms with Crippen LogP contribution in [-0.2, 0) is 16.1 Å². The fourth-order valence-electron chi connectivity index (χ4n) is 5.80. The Bertz CT molecular complexity index is 1320. The summed E-state index contributed by atoms with van der Waals surface area (Å²) in [4.78, 5) is 20.2.